The third-order valence-corrected chi connectivity index (χ3v) is 5.03. The fourth-order valence-electron chi connectivity index (χ4n) is 3.21. The lowest BCUT2D eigenvalue weighted by Gasteiger charge is -2.38. The second kappa shape index (κ2) is 8.65. The average molecular weight is 363 g/mol. The lowest BCUT2D eigenvalue weighted by atomic mass is 10.1. The molecule has 1 aromatic heterocycles. The van der Waals surface area contributed by atoms with E-state index in [0.29, 0.717) is 12.1 Å². The summed E-state index contributed by atoms with van der Waals surface area (Å²) in [7, 11) is 0. The largest absolute Gasteiger partial charge is 0.354 e. The van der Waals surface area contributed by atoms with Crippen molar-refractivity contribution >= 4 is 11.7 Å². The number of hydrogen-bond donors (Lipinski definition) is 1. The van der Waals surface area contributed by atoms with Gasteiger partial charge in [-0.2, -0.15) is 5.26 Å². The fourth-order valence-corrected chi connectivity index (χ4v) is 3.21. The minimum atomic E-state index is -0.170. The van der Waals surface area contributed by atoms with Crippen molar-refractivity contribution in [3.8, 4) is 6.07 Å². The summed E-state index contributed by atoms with van der Waals surface area (Å²) in [6.45, 7) is 7.71. The minimum absolute atomic E-state index is 0.0497. The van der Waals surface area contributed by atoms with Crippen LogP contribution < -0.4 is 10.2 Å². The minimum Gasteiger partial charge on any atom is -0.354 e. The molecule has 27 heavy (non-hydrogen) atoms. The van der Waals surface area contributed by atoms with Gasteiger partial charge in [0.1, 0.15) is 5.82 Å². The topological polar surface area (TPSA) is 72.3 Å². The Morgan fingerprint density at radius 3 is 2.59 bits per heavy atom. The molecule has 2 heterocycles. The van der Waals surface area contributed by atoms with Gasteiger partial charge in [-0.1, -0.05) is 29.8 Å². The van der Waals surface area contributed by atoms with Crippen LogP contribution in [0.4, 0.5) is 5.82 Å². The molecule has 0 aliphatic carbocycles. The van der Waals surface area contributed by atoms with Gasteiger partial charge >= 0.3 is 0 Å². The smallest absolute Gasteiger partial charge is 0.237 e. The van der Waals surface area contributed by atoms with Crippen LogP contribution >= 0.6 is 0 Å². The maximum Gasteiger partial charge on any atom is 0.237 e. The number of aryl methyl sites for hydroxylation is 1. The maximum atomic E-state index is 12.5. The number of nitrogens with zero attached hydrogens (tertiary/aromatic N) is 4. The van der Waals surface area contributed by atoms with Gasteiger partial charge in [-0.25, -0.2) is 4.98 Å². The molecule has 1 unspecified atom stereocenters. The predicted molar refractivity (Wildman–Crippen MR) is 105 cm³/mol. The maximum absolute atomic E-state index is 12.5. The summed E-state index contributed by atoms with van der Waals surface area (Å²) >= 11 is 0. The van der Waals surface area contributed by atoms with Crippen LogP contribution in [0.5, 0.6) is 0 Å². The molecule has 1 atom stereocenters. The zero-order chi connectivity index (χ0) is 19.2. The van der Waals surface area contributed by atoms with E-state index >= 15 is 0 Å². The third kappa shape index (κ3) is 4.83. The van der Waals surface area contributed by atoms with Gasteiger partial charge in [0, 0.05) is 38.9 Å². The van der Waals surface area contributed by atoms with E-state index in [2.05, 4.69) is 45.2 Å². The Labute approximate surface area is 160 Å². The Balaban J connectivity index is 1.50. The number of pyridine rings is 1. The number of amides is 1. The van der Waals surface area contributed by atoms with E-state index < -0.39 is 0 Å². The summed E-state index contributed by atoms with van der Waals surface area (Å²) in [5, 5.41) is 12.1. The van der Waals surface area contributed by atoms with Crippen LogP contribution in [0.2, 0.25) is 0 Å². The molecule has 3 rings (SSSR count). The highest BCUT2D eigenvalue weighted by Gasteiger charge is 2.26. The number of hydrogen-bond acceptors (Lipinski definition) is 5. The van der Waals surface area contributed by atoms with Crippen LogP contribution in [0.1, 0.15) is 23.6 Å². The molecule has 1 amide bonds. The highest BCUT2D eigenvalue weighted by molar-refractivity contribution is 5.81. The molecule has 1 N–H and O–H groups in total. The SMILES string of the molecule is Cc1ccc(CNC(=O)C(C)N2CCN(c3cc(C#N)ccn3)CC2)cc1. The lowest BCUT2D eigenvalue weighted by Crippen LogP contribution is -2.54. The second-order valence-electron chi connectivity index (χ2n) is 6.92. The van der Waals surface area contributed by atoms with Crippen LogP contribution in [0.15, 0.2) is 42.6 Å². The van der Waals surface area contributed by atoms with Gasteiger partial charge in [0.15, 0.2) is 0 Å². The highest BCUT2D eigenvalue weighted by atomic mass is 16.2. The molecule has 140 valence electrons. The fraction of sp³-hybridized carbons (Fsp3) is 0.381. The van der Waals surface area contributed by atoms with Crippen molar-refractivity contribution in [2.75, 3.05) is 31.1 Å². The summed E-state index contributed by atoms with van der Waals surface area (Å²) in [6, 6.07) is 13.7. The van der Waals surface area contributed by atoms with Crippen LogP contribution in [-0.4, -0.2) is 48.0 Å². The normalized spacial score (nSPS) is 15.8. The number of anilines is 1. The summed E-state index contributed by atoms with van der Waals surface area (Å²) in [4.78, 5) is 21.2. The van der Waals surface area contributed by atoms with E-state index in [1.54, 1.807) is 12.3 Å². The summed E-state index contributed by atoms with van der Waals surface area (Å²) in [5.74, 6) is 0.874. The molecule has 0 radical (unpaired) electrons. The Bertz CT molecular complexity index is 819. The zero-order valence-electron chi connectivity index (χ0n) is 15.9. The van der Waals surface area contributed by atoms with Crippen molar-refractivity contribution in [1.82, 2.24) is 15.2 Å². The van der Waals surface area contributed by atoms with Crippen molar-refractivity contribution in [1.29, 1.82) is 5.26 Å². The van der Waals surface area contributed by atoms with Crippen molar-refractivity contribution in [2.24, 2.45) is 0 Å². The molecule has 1 aliphatic heterocycles. The van der Waals surface area contributed by atoms with E-state index in [9.17, 15) is 4.79 Å². The Morgan fingerprint density at radius 2 is 1.93 bits per heavy atom. The molecule has 2 aromatic rings. The summed E-state index contributed by atoms with van der Waals surface area (Å²) in [5.41, 5.74) is 2.94. The molecule has 6 heteroatoms. The molecule has 0 bridgehead atoms. The number of piperazine rings is 1. The van der Waals surface area contributed by atoms with E-state index in [0.717, 1.165) is 37.6 Å². The molecular formula is C21H25N5O. The molecule has 0 saturated carbocycles. The standard InChI is InChI=1S/C21H25N5O/c1-16-3-5-18(6-4-16)15-24-21(27)17(2)25-9-11-26(12-10-25)20-13-19(14-22)7-8-23-20/h3-8,13,17H,9-12,15H2,1-2H3,(H,24,27). The van der Waals surface area contributed by atoms with Gasteiger partial charge in [0.2, 0.25) is 5.91 Å². The Hall–Kier alpha value is -2.91. The van der Waals surface area contributed by atoms with Crippen molar-refractivity contribution < 1.29 is 4.79 Å². The van der Waals surface area contributed by atoms with Crippen LogP contribution in [0, 0.1) is 18.3 Å². The zero-order valence-corrected chi connectivity index (χ0v) is 15.9. The Kier molecular flexibility index (Phi) is 6.05. The van der Waals surface area contributed by atoms with E-state index in [1.165, 1.54) is 5.56 Å². The number of rotatable bonds is 5. The molecule has 6 nitrogen and oxygen atoms in total. The van der Waals surface area contributed by atoms with Gasteiger partial charge in [0.25, 0.3) is 0 Å². The molecule has 0 spiro atoms. The second-order valence-corrected chi connectivity index (χ2v) is 6.92. The molecule has 1 aliphatic rings. The van der Waals surface area contributed by atoms with Gasteiger partial charge < -0.3 is 10.2 Å². The number of nitriles is 1. The van der Waals surface area contributed by atoms with E-state index in [1.807, 2.05) is 25.1 Å². The number of aromatic nitrogens is 1. The van der Waals surface area contributed by atoms with Gasteiger partial charge in [-0.15, -0.1) is 0 Å². The first-order valence-electron chi connectivity index (χ1n) is 9.25. The van der Waals surface area contributed by atoms with Crippen molar-refractivity contribution in [2.45, 2.75) is 26.4 Å². The summed E-state index contributed by atoms with van der Waals surface area (Å²) < 4.78 is 0. The van der Waals surface area contributed by atoms with Crippen molar-refractivity contribution in [3.05, 3.63) is 59.3 Å². The van der Waals surface area contributed by atoms with Gasteiger partial charge in [-0.05, 0) is 31.5 Å². The van der Waals surface area contributed by atoms with Gasteiger partial charge in [0.05, 0.1) is 17.7 Å². The Morgan fingerprint density at radius 1 is 1.22 bits per heavy atom. The van der Waals surface area contributed by atoms with E-state index in [-0.39, 0.29) is 11.9 Å². The molecule has 1 aromatic carbocycles. The van der Waals surface area contributed by atoms with Crippen LogP contribution in [0.3, 0.4) is 0 Å². The molecular weight excluding hydrogens is 338 g/mol. The van der Waals surface area contributed by atoms with Crippen LogP contribution in [0.25, 0.3) is 0 Å². The number of nitrogens with one attached hydrogen (secondary N) is 1. The average Bonchev–Trinajstić information content (AvgIpc) is 2.72. The molecule has 1 fully saturated rings. The monoisotopic (exact) mass is 363 g/mol. The van der Waals surface area contributed by atoms with Crippen molar-refractivity contribution in [3.63, 3.8) is 0 Å². The third-order valence-electron chi connectivity index (χ3n) is 5.03. The molecule has 1 saturated heterocycles. The lowest BCUT2D eigenvalue weighted by molar-refractivity contribution is -0.126. The first-order valence-corrected chi connectivity index (χ1v) is 9.25. The highest BCUT2D eigenvalue weighted by Crippen LogP contribution is 2.16. The number of carbonyl (C=O) groups is 1. The number of benzene rings is 1. The quantitative estimate of drug-likeness (QED) is 0.881. The van der Waals surface area contributed by atoms with Crippen LogP contribution in [-0.2, 0) is 11.3 Å². The number of carbonyl (C=O) groups excluding carboxylic acids is 1. The van der Waals surface area contributed by atoms with Gasteiger partial charge in [-0.3, -0.25) is 9.69 Å². The first kappa shape index (κ1) is 18.9. The first-order chi connectivity index (χ1) is 13.1. The summed E-state index contributed by atoms with van der Waals surface area (Å²) in [6.07, 6.45) is 1.67. The predicted octanol–water partition coefficient (Wildman–Crippen LogP) is 2.09. The van der Waals surface area contributed by atoms with E-state index in [4.69, 9.17) is 5.26 Å².